The number of morpholine rings is 1. The van der Waals surface area contributed by atoms with E-state index in [1.54, 1.807) is 23.1 Å². The first kappa shape index (κ1) is 23.0. The predicted molar refractivity (Wildman–Crippen MR) is 110 cm³/mol. The number of halogens is 1. The Labute approximate surface area is 176 Å². The third-order valence-corrected chi connectivity index (χ3v) is 4.51. The molecule has 0 radical (unpaired) electrons. The molecule has 7 nitrogen and oxygen atoms in total. The highest BCUT2D eigenvalue weighted by Crippen LogP contribution is 2.36. The maximum atomic E-state index is 12.2. The van der Waals surface area contributed by atoms with Crippen LogP contribution in [0, 0.1) is 0 Å². The smallest absolute Gasteiger partial charge is 0.331 e. The van der Waals surface area contributed by atoms with Crippen LogP contribution in [0.1, 0.15) is 32.8 Å². The molecule has 0 bridgehead atoms. The summed E-state index contributed by atoms with van der Waals surface area (Å²) in [5.74, 6) is 0.0880. The van der Waals surface area contributed by atoms with Gasteiger partial charge in [-0.1, -0.05) is 18.5 Å². The standard InChI is InChI=1S/C21H28ClNO6/c1-5-8-27-21-17(22)9-16(10-18(21)26-4)6-7-20(25)28-13-19(24)23-11-14(2)29-15(3)12-23/h6-7,9-10,14-15H,5,8,11-13H2,1-4H3/b7-6+/t14-,15+. The summed E-state index contributed by atoms with van der Waals surface area (Å²) in [7, 11) is 1.52. The third-order valence-electron chi connectivity index (χ3n) is 4.22. The molecule has 1 aliphatic rings. The second-order valence-electron chi connectivity index (χ2n) is 6.88. The SMILES string of the molecule is CCCOc1c(Cl)cc(/C=C/C(=O)OCC(=O)N2C[C@@H](C)O[C@@H](C)C2)cc1OC. The van der Waals surface area contributed by atoms with E-state index >= 15 is 0 Å². The zero-order valence-electron chi connectivity index (χ0n) is 17.3. The number of carbonyl (C=O) groups excluding carboxylic acids is 2. The van der Waals surface area contributed by atoms with Gasteiger partial charge in [-0.05, 0) is 44.0 Å². The molecule has 0 aromatic heterocycles. The van der Waals surface area contributed by atoms with Gasteiger partial charge in [0.2, 0.25) is 0 Å². The van der Waals surface area contributed by atoms with Gasteiger partial charge in [0.1, 0.15) is 0 Å². The normalized spacial score (nSPS) is 19.3. The van der Waals surface area contributed by atoms with Crippen LogP contribution in [0.25, 0.3) is 6.08 Å². The summed E-state index contributed by atoms with van der Waals surface area (Å²) in [5, 5.41) is 0.386. The van der Waals surface area contributed by atoms with Gasteiger partial charge in [-0.15, -0.1) is 0 Å². The summed E-state index contributed by atoms with van der Waals surface area (Å²) in [6, 6.07) is 3.38. The van der Waals surface area contributed by atoms with E-state index in [0.29, 0.717) is 41.8 Å². The number of carbonyl (C=O) groups is 2. The van der Waals surface area contributed by atoms with Gasteiger partial charge in [0, 0.05) is 19.2 Å². The van der Waals surface area contributed by atoms with Crippen molar-refractivity contribution in [2.45, 2.75) is 39.4 Å². The third kappa shape index (κ3) is 6.94. The number of methoxy groups -OCH3 is 1. The summed E-state index contributed by atoms with van der Waals surface area (Å²) in [6.45, 7) is 6.99. The number of hydrogen-bond donors (Lipinski definition) is 0. The monoisotopic (exact) mass is 425 g/mol. The Morgan fingerprint density at radius 2 is 1.97 bits per heavy atom. The Balaban J connectivity index is 1.93. The molecule has 8 heteroatoms. The molecule has 0 aliphatic carbocycles. The number of amides is 1. The second-order valence-corrected chi connectivity index (χ2v) is 7.29. The highest BCUT2D eigenvalue weighted by Gasteiger charge is 2.26. The molecule has 2 atom stereocenters. The van der Waals surface area contributed by atoms with E-state index in [4.69, 9.17) is 30.5 Å². The molecule has 1 aromatic carbocycles. The molecule has 0 unspecified atom stereocenters. The summed E-state index contributed by atoms with van der Waals surface area (Å²) in [6.07, 6.45) is 3.55. The molecule has 29 heavy (non-hydrogen) atoms. The van der Waals surface area contributed by atoms with Crippen molar-refractivity contribution in [2.75, 3.05) is 33.4 Å². The molecule has 0 spiro atoms. The van der Waals surface area contributed by atoms with Crippen molar-refractivity contribution < 1.29 is 28.5 Å². The van der Waals surface area contributed by atoms with Crippen LogP contribution in [0.15, 0.2) is 18.2 Å². The van der Waals surface area contributed by atoms with Crippen LogP contribution in [0.4, 0.5) is 0 Å². The second kappa shape index (κ2) is 11.1. The quantitative estimate of drug-likeness (QED) is 0.470. The minimum absolute atomic E-state index is 0.0395. The number of esters is 1. The molecule has 1 aliphatic heterocycles. The van der Waals surface area contributed by atoms with Crippen LogP contribution >= 0.6 is 11.6 Å². The van der Waals surface area contributed by atoms with Crippen LogP contribution < -0.4 is 9.47 Å². The first-order valence-electron chi connectivity index (χ1n) is 9.62. The van der Waals surface area contributed by atoms with Crippen LogP contribution in [-0.4, -0.2) is 62.4 Å². The van der Waals surface area contributed by atoms with Crippen molar-refractivity contribution in [1.29, 1.82) is 0 Å². The van der Waals surface area contributed by atoms with Crippen LogP contribution in [0.2, 0.25) is 5.02 Å². The highest BCUT2D eigenvalue weighted by molar-refractivity contribution is 6.32. The van der Waals surface area contributed by atoms with Gasteiger partial charge >= 0.3 is 5.97 Å². The molecule has 1 saturated heterocycles. The Morgan fingerprint density at radius 3 is 2.59 bits per heavy atom. The fourth-order valence-electron chi connectivity index (χ4n) is 3.00. The minimum Gasteiger partial charge on any atom is -0.493 e. The molecule has 2 rings (SSSR count). The molecule has 1 fully saturated rings. The summed E-state index contributed by atoms with van der Waals surface area (Å²) < 4.78 is 21.6. The summed E-state index contributed by atoms with van der Waals surface area (Å²) >= 11 is 6.26. The lowest BCUT2D eigenvalue weighted by molar-refractivity contribution is -0.154. The number of nitrogens with zero attached hydrogens (tertiary/aromatic N) is 1. The van der Waals surface area contributed by atoms with Gasteiger partial charge in [-0.3, -0.25) is 4.79 Å². The summed E-state index contributed by atoms with van der Waals surface area (Å²) in [4.78, 5) is 25.9. The maximum Gasteiger partial charge on any atom is 0.331 e. The van der Waals surface area contributed by atoms with Crippen LogP contribution in [0.5, 0.6) is 11.5 Å². The Bertz CT molecular complexity index is 741. The average molecular weight is 426 g/mol. The highest BCUT2D eigenvalue weighted by atomic mass is 35.5. The molecule has 1 heterocycles. The number of rotatable bonds is 8. The molecule has 0 N–H and O–H groups in total. The molecule has 1 amide bonds. The summed E-state index contributed by atoms with van der Waals surface area (Å²) in [5.41, 5.74) is 0.648. The molecule has 160 valence electrons. The molecule has 1 aromatic rings. The zero-order valence-corrected chi connectivity index (χ0v) is 18.0. The van der Waals surface area contributed by atoms with E-state index in [1.165, 1.54) is 13.2 Å². The van der Waals surface area contributed by atoms with Crippen molar-refractivity contribution in [1.82, 2.24) is 4.90 Å². The number of ether oxygens (including phenoxy) is 4. The lowest BCUT2D eigenvalue weighted by Gasteiger charge is -2.35. The molecular formula is C21H28ClNO6. The predicted octanol–water partition coefficient (Wildman–Crippen LogP) is 3.33. The Morgan fingerprint density at radius 1 is 1.28 bits per heavy atom. The van der Waals surface area contributed by atoms with Crippen molar-refractivity contribution in [3.8, 4) is 11.5 Å². The lowest BCUT2D eigenvalue weighted by Crippen LogP contribution is -2.49. The number of benzene rings is 1. The Kier molecular flexibility index (Phi) is 8.79. The van der Waals surface area contributed by atoms with Gasteiger partial charge < -0.3 is 23.8 Å². The van der Waals surface area contributed by atoms with E-state index in [-0.39, 0.29) is 24.7 Å². The maximum absolute atomic E-state index is 12.2. The molecular weight excluding hydrogens is 398 g/mol. The molecule has 0 saturated carbocycles. The topological polar surface area (TPSA) is 74.3 Å². The van der Waals surface area contributed by atoms with Gasteiger partial charge in [-0.2, -0.15) is 0 Å². The van der Waals surface area contributed by atoms with Crippen molar-refractivity contribution in [2.24, 2.45) is 0 Å². The van der Waals surface area contributed by atoms with E-state index in [0.717, 1.165) is 6.42 Å². The average Bonchev–Trinajstić information content (AvgIpc) is 2.68. The first-order valence-corrected chi connectivity index (χ1v) is 10.00. The van der Waals surface area contributed by atoms with Crippen LogP contribution in [-0.2, 0) is 19.1 Å². The lowest BCUT2D eigenvalue weighted by atomic mass is 10.2. The van der Waals surface area contributed by atoms with Crippen molar-refractivity contribution in [3.05, 3.63) is 28.8 Å². The van der Waals surface area contributed by atoms with E-state index < -0.39 is 5.97 Å². The van der Waals surface area contributed by atoms with Gasteiger partial charge in [0.25, 0.3) is 5.91 Å². The first-order chi connectivity index (χ1) is 13.8. The van der Waals surface area contributed by atoms with E-state index in [1.807, 2.05) is 20.8 Å². The van der Waals surface area contributed by atoms with E-state index in [9.17, 15) is 9.59 Å². The van der Waals surface area contributed by atoms with Gasteiger partial charge in [0.15, 0.2) is 18.1 Å². The van der Waals surface area contributed by atoms with Crippen molar-refractivity contribution >= 4 is 29.6 Å². The van der Waals surface area contributed by atoms with Crippen LogP contribution in [0.3, 0.4) is 0 Å². The largest absolute Gasteiger partial charge is 0.493 e. The van der Waals surface area contributed by atoms with Gasteiger partial charge in [-0.25, -0.2) is 4.79 Å². The minimum atomic E-state index is -0.617. The van der Waals surface area contributed by atoms with Crippen molar-refractivity contribution in [3.63, 3.8) is 0 Å². The van der Waals surface area contributed by atoms with E-state index in [2.05, 4.69) is 0 Å². The fourth-order valence-corrected chi connectivity index (χ4v) is 3.27. The van der Waals surface area contributed by atoms with Gasteiger partial charge in [0.05, 0.1) is 30.9 Å². The zero-order chi connectivity index (χ0) is 21.4. The Hall–Kier alpha value is -2.25. The number of hydrogen-bond acceptors (Lipinski definition) is 6. The fraction of sp³-hybridized carbons (Fsp3) is 0.524.